The van der Waals surface area contributed by atoms with Gasteiger partial charge in [-0.3, -0.25) is 9.52 Å². The van der Waals surface area contributed by atoms with Gasteiger partial charge in [0, 0.05) is 24.6 Å². The lowest BCUT2D eigenvalue weighted by molar-refractivity contribution is 0.0874. The second-order valence-corrected chi connectivity index (χ2v) is 10.4. The van der Waals surface area contributed by atoms with Crippen molar-refractivity contribution in [3.8, 4) is 17.2 Å². The molecule has 0 aliphatic heterocycles. The third kappa shape index (κ3) is 8.21. The molecular formula is C27H32N2O7S. The lowest BCUT2D eigenvalue weighted by atomic mass is 9.97. The molecule has 2 atom stereocenters. The van der Waals surface area contributed by atoms with E-state index in [1.165, 1.54) is 18.2 Å². The predicted molar refractivity (Wildman–Crippen MR) is 142 cm³/mol. The van der Waals surface area contributed by atoms with Gasteiger partial charge >= 0.3 is 0 Å². The number of carbonyl (C=O) groups is 1. The number of ketones is 1. The lowest BCUT2D eigenvalue weighted by Crippen LogP contribution is -2.33. The Labute approximate surface area is 217 Å². The zero-order valence-corrected chi connectivity index (χ0v) is 21.8. The third-order valence-corrected chi connectivity index (χ3v) is 6.32. The highest BCUT2D eigenvalue weighted by Crippen LogP contribution is 2.31. The molecule has 0 spiro atoms. The molecule has 0 saturated heterocycles. The summed E-state index contributed by atoms with van der Waals surface area (Å²) in [4.78, 5) is 12.8. The Bertz CT molecular complexity index is 1310. The lowest BCUT2D eigenvalue weighted by Gasteiger charge is -2.22. The number of sulfonamides is 1. The van der Waals surface area contributed by atoms with E-state index < -0.39 is 21.9 Å². The molecule has 0 aliphatic carbocycles. The van der Waals surface area contributed by atoms with Crippen LogP contribution in [0.5, 0.6) is 17.2 Å². The number of hydrogen-bond donors (Lipinski definition) is 4. The Morgan fingerprint density at radius 2 is 1.68 bits per heavy atom. The van der Waals surface area contributed by atoms with Crippen LogP contribution < -0.4 is 19.5 Å². The van der Waals surface area contributed by atoms with Crippen molar-refractivity contribution in [1.29, 1.82) is 0 Å². The number of aliphatic hydroxyl groups excluding tert-OH is 1. The van der Waals surface area contributed by atoms with Crippen LogP contribution >= 0.6 is 0 Å². The summed E-state index contributed by atoms with van der Waals surface area (Å²) in [5, 5.41) is 23.9. The van der Waals surface area contributed by atoms with E-state index in [0.29, 0.717) is 17.9 Å². The molecule has 3 aromatic rings. The predicted octanol–water partition coefficient (Wildman–Crippen LogP) is 3.29. The number of hydrogen-bond acceptors (Lipinski definition) is 8. The number of aromatic hydroxyl groups is 1. The fourth-order valence-corrected chi connectivity index (χ4v) is 4.46. The average molecular weight is 529 g/mol. The molecular weight excluding hydrogens is 496 g/mol. The van der Waals surface area contributed by atoms with Crippen LogP contribution in [0.15, 0.2) is 66.7 Å². The van der Waals surface area contributed by atoms with E-state index in [2.05, 4.69) is 10.0 Å². The molecule has 37 heavy (non-hydrogen) atoms. The van der Waals surface area contributed by atoms with Gasteiger partial charge in [0.05, 0.1) is 32.3 Å². The first kappa shape index (κ1) is 28.0. The van der Waals surface area contributed by atoms with E-state index in [9.17, 15) is 23.4 Å². The molecule has 10 heteroatoms. The minimum atomic E-state index is -3.64. The van der Waals surface area contributed by atoms with Crippen LogP contribution in [0.1, 0.15) is 33.9 Å². The van der Waals surface area contributed by atoms with Crippen LogP contribution in [0.25, 0.3) is 0 Å². The average Bonchev–Trinajstić information content (AvgIpc) is 2.87. The van der Waals surface area contributed by atoms with Crippen LogP contribution in [-0.2, 0) is 16.4 Å². The number of aliphatic hydroxyl groups is 1. The molecule has 0 fully saturated rings. The number of phenols is 1. The highest BCUT2D eigenvalue weighted by molar-refractivity contribution is 7.92. The maximum atomic E-state index is 12.8. The van der Waals surface area contributed by atoms with Crippen molar-refractivity contribution in [3.63, 3.8) is 0 Å². The van der Waals surface area contributed by atoms with E-state index in [1.807, 2.05) is 48.5 Å². The SMILES string of the molecule is COc1ccc([C@@H](Cc2ccccc2)NC[C@H](O)CC(=O)c2ccc(O)c(NS(C)(=O)=O)c2)cc1OC. The highest BCUT2D eigenvalue weighted by atomic mass is 32.2. The van der Waals surface area contributed by atoms with E-state index in [4.69, 9.17) is 9.47 Å². The number of Topliss-reactive ketones (excluding diaryl/α,β-unsaturated/α-hetero) is 1. The van der Waals surface area contributed by atoms with Gasteiger partial charge in [-0.1, -0.05) is 36.4 Å². The van der Waals surface area contributed by atoms with Crippen LogP contribution in [0.4, 0.5) is 5.69 Å². The third-order valence-electron chi connectivity index (χ3n) is 5.73. The Balaban J connectivity index is 1.72. The molecule has 0 aromatic heterocycles. The summed E-state index contributed by atoms with van der Waals surface area (Å²) in [5.41, 5.74) is 2.09. The molecule has 4 N–H and O–H groups in total. The number of benzene rings is 3. The number of ether oxygens (including phenoxy) is 2. The largest absolute Gasteiger partial charge is 0.506 e. The van der Waals surface area contributed by atoms with E-state index in [-0.39, 0.29) is 36.0 Å². The second kappa shape index (κ2) is 12.6. The summed E-state index contributed by atoms with van der Waals surface area (Å²) < 4.78 is 36.0. The van der Waals surface area contributed by atoms with Crippen molar-refractivity contribution < 1.29 is 32.9 Å². The first-order chi connectivity index (χ1) is 17.6. The minimum Gasteiger partial charge on any atom is -0.506 e. The monoisotopic (exact) mass is 528 g/mol. The molecule has 0 radical (unpaired) electrons. The molecule has 3 rings (SSSR count). The van der Waals surface area contributed by atoms with E-state index in [1.54, 1.807) is 14.2 Å². The zero-order valence-electron chi connectivity index (χ0n) is 21.0. The van der Waals surface area contributed by atoms with E-state index in [0.717, 1.165) is 17.4 Å². The van der Waals surface area contributed by atoms with Crippen LogP contribution in [0, 0.1) is 0 Å². The maximum absolute atomic E-state index is 12.8. The Hall–Kier alpha value is -3.60. The van der Waals surface area contributed by atoms with Gasteiger partial charge in [0.2, 0.25) is 10.0 Å². The Morgan fingerprint density at radius 3 is 2.32 bits per heavy atom. The van der Waals surface area contributed by atoms with Crippen LogP contribution in [0.2, 0.25) is 0 Å². The quantitative estimate of drug-likeness (QED) is 0.196. The number of phenolic OH excluding ortho intramolecular Hbond substituents is 1. The second-order valence-electron chi connectivity index (χ2n) is 8.65. The Morgan fingerprint density at radius 1 is 0.973 bits per heavy atom. The number of rotatable bonds is 13. The normalized spacial score (nSPS) is 13.0. The molecule has 198 valence electrons. The van der Waals surface area contributed by atoms with Crippen LogP contribution in [0.3, 0.4) is 0 Å². The number of methoxy groups -OCH3 is 2. The number of anilines is 1. The molecule has 3 aromatic carbocycles. The van der Waals surface area contributed by atoms with Gasteiger partial charge < -0.3 is 25.0 Å². The summed E-state index contributed by atoms with van der Waals surface area (Å²) in [6.45, 7) is 0.129. The molecule has 0 bridgehead atoms. The van der Waals surface area contributed by atoms with Crippen LogP contribution in [-0.4, -0.2) is 57.5 Å². The van der Waals surface area contributed by atoms with Crippen molar-refractivity contribution >= 4 is 21.5 Å². The maximum Gasteiger partial charge on any atom is 0.229 e. The molecule has 0 unspecified atom stereocenters. The summed E-state index contributed by atoms with van der Waals surface area (Å²) in [6.07, 6.45) is 0.377. The standard InChI is InChI=1S/C27H32N2O7S/c1-35-26-12-10-19(15-27(26)36-2)22(13-18-7-5-4-6-8-18)28-17-21(30)16-25(32)20-9-11-24(31)23(14-20)29-37(3,33)34/h4-12,14-15,21-22,28-31H,13,16-17H2,1-3H3/t21-,22-/m1/s1. The van der Waals surface area contributed by atoms with Gasteiger partial charge in [0.15, 0.2) is 17.3 Å². The van der Waals surface area contributed by atoms with Gasteiger partial charge in [-0.15, -0.1) is 0 Å². The molecule has 0 aliphatic rings. The van der Waals surface area contributed by atoms with Crippen molar-refractivity contribution in [2.45, 2.75) is 25.0 Å². The molecule has 0 amide bonds. The fourth-order valence-electron chi connectivity index (χ4n) is 3.90. The summed E-state index contributed by atoms with van der Waals surface area (Å²) in [5.74, 6) is 0.495. The van der Waals surface area contributed by atoms with Crippen molar-refractivity contribution in [2.24, 2.45) is 0 Å². The first-order valence-electron chi connectivity index (χ1n) is 11.6. The first-order valence-corrected chi connectivity index (χ1v) is 13.5. The zero-order chi connectivity index (χ0) is 27.0. The highest BCUT2D eigenvalue weighted by Gasteiger charge is 2.19. The van der Waals surface area contributed by atoms with Crippen molar-refractivity contribution in [2.75, 3.05) is 31.7 Å². The minimum absolute atomic E-state index is 0.0997. The smallest absolute Gasteiger partial charge is 0.229 e. The van der Waals surface area contributed by atoms with Gasteiger partial charge in [0.25, 0.3) is 0 Å². The Kier molecular flexibility index (Phi) is 9.51. The topological polar surface area (TPSA) is 134 Å². The number of nitrogens with one attached hydrogen (secondary N) is 2. The van der Waals surface area contributed by atoms with Crippen molar-refractivity contribution in [1.82, 2.24) is 5.32 Å². The van der Waals surface area contributed by atoms with Gasteiger partial charge in [-0.25, -0.2) is 8.42 Å². The summed E-state index contributed by atoms with van der Waals surface area (Å²) in [7, 11) is -0.508. The molecule has 0 heterocycles. The molecule has 9 nitrogen and oxygen atoms in total. The van der Waals surface area contributed by atoms with Gasteiger partial charge in [-0.05, 0) is 47.9 Å². The van der Waals surface area contributed by atoms with Gasteiger partial charge in [0.1, 0.15) is 5.75 Å². The molecule has 0 saturated carbocycles. The van der Waals surface area contributed by atoms with E-state index >= 15 is 0 Å². The number of carbonyl (C=O) groups excluding carboxylic acids is 1. The summed E-state index contributed by atoms with van der Waals surface area (Å²) in [6, 6.07) is 19.2. The van der Waals surface area contributed by atoms with Crippen molar-refractivity contribution in [3.05, 3.63) is 83.4 Å². The summed E-state index contributed by atoms with van der Waals surface area (Å²) >= 11 is 0. The fraction of sp³-hybridized carbons (Fsp3) is 0.296. The van der Waals surface area contributed by atoms with Gasteiger partial charge in [-0.2, -0.15) is 0 Å².